The van der Waals surface area contributed by atoms with E-state index < -0.39 is 5.97 Å². The first-order chi connectivity index (χ1) is 16.4. The van der Waals surface area contributed by atoms with E-state index in [0.29, 0.717) is 22.6 Å². The van der Waals surface area contributed by atoms with Crippen molar-refractivity contribution in [2.45, 2.75) is 32.9 Å². The number of anilines is 1. The SMILES string of the molecule is CC(C)n1nc(COc2ccccc2CC(=O)O)c2cc(-c3ccn4ncc(N)c4n3)ccc21. The standard InChI is InChI=1S/C25H24N6O3/c1-15(2)31-22-8-7-16(20-9-10-30-25(28-20)19(26)13-27-30)11-18(22)21(29-31)14-34-23-6-4-3-5-17(23)12-24(32)33/h3-11,13,15H,12,14,26H2,1-2H3,(H,32,33). The van der Waals surface area contributed by atoms with Crippen molar-refractivity contribution in [3.63, 3.8) is 0 Å². The summed E-state index contributed by atoms with van der Waals surface area (Å²) in [7, 11) is 0. The smallest absolute Gasteiger partial charge is 0.307 e. The number of aliphatic carboxylic acids is 1. The van der Waals surface area contributed by atoms with Gasteiger partial charge in [-0.25, -0.2) is 9.50 Å². The first-order valence-electron chi connectivity index (χ1n) is 10.9. The maximum Gasteiger partial charge on any atom is 0.307 e. The van der Waals surface area contributed by atoms with Gasteiger partial charge in [0, 0.05) is 28.8 Å². The second-order valence-electron chi connectivity index (χ2n) is 8.36. The molecule has 9 heteroatoms. The Hall–Kier alpha value is -4.40. The number of hydrogen-bond acceptors (Lipinski definition) is 6. The topological polar surface area (TPSA) is 121 Å². The van der Waals surface area contributed by atoms with E-state index in [1.165, 1.54) is 0 Å². The molecule has 5 rings (SSSR count). The number of carboxylic acids is 1. The van der Waals surface area contributed by atoms with Gasteiger partial charge >= 0.3 is 5.97 Å². The average Bonchev–Trinajstić information content (AvgIpc) is 3.38. The molecule has 0 saturated carbocycles. The van der Waals surface area contributed by atoms with E-state index in [2.05, 4.69) is 30.0 Å². The highest BCUT2D eigenvalue weighted by molar-refractivity contribution is 5.87. The van der Waals surface area contributed by atoms with Crippen LogP contribution in [0.25, 0.3) is 27.8 Å². The molecule has 0 amide bonds. The van der Waals surface area contributed by atoms with E-state index in [9.17, 15) is 9.90 Å². The van der Waals surface area contributed by atoms with Crippen LogP contribution >= 0.6 is 0 Å². The van der Waals surface area contributed by atoms with E-state index in [4.69, 9.17) is 15.6 Å². The molecular formula is C25H24N6O3. The second kappa shape index (κ2) is 8.51. The summed E-state index contributed by atoms with van der Waals surface area (Å²) in [6, 6.07) is 15.3. The number of para-hydroxylation sites is 1. The molecule has 2 aromatic carbocycles. The first kappa shape index (κ1) is 21.4. The number of carbonyl (C=O) groups is 1. The van der Waals surface area contributed by atoms with Crippen molar-refractivity contribution < 1.29 is 14.6 Å². The van der Waals surface area contributed by atoms with Gasteiger partial charge in [0.2, 0.25) is 0 Å². The molecule has 172 valence electrons. The number of benzene rings is 2. The van der Waals surface area contributed by atoms with Crippen LogP contribution < -0.4 is 10.5 Å². The van der Waals surface area contributed by atoms with E-state index in [1.54, 1.807) is 28.9 Å². The van der Waals surface area contributed by atoms with Crippen LogP contribution in [0, 0.1) is 0 Å². The van der Waals surface area contributed by atoms with Gasteiger partial charge < -0.3 is 15.6 Å². The van der Waals surface area contributed by atoms with Crippen molar-refractivity contribution in [3.05, 3.63) is 72.2 Å². The molecule has 0 aliphatic carbocycles. The predicted octanol–water partition coefficient (Wildman–Crippen LogP) is 4.12. The molecule has 34 heavy (non-hydrogen) atoms. The lowest BCUT2D eigenvalue weighted by Crippen LogP contribution is -2.06. The van der Waals surface area contributed by atoms with Gasteiger partial charge in [0.15, 0.2) is 5.65 Å². The fraction of sp³-hybridized carbons (Fsp3) is 0.200. The number of rotatable bonds is 7. The lowest BCUT2D eigenvalue weighted by atomic mass is 10.1. The molecule has 0 unspecified atom stereocenters. The molecule has 0 saturated heterocycles. The molecule has 3 aromatic heterocycles. The second-order valence-corrected chi connectivity index (χ2v) is 8.36. The number of hydrogen-bond donors (Lipinski definition) is 2. The molecule has 0 fully saturated rings. The predicted molar refractivity (Wildman–Crippen MR) is 129 cm³/mol. The summed E-state index contributed by atoms with van der Waals surface area (Å²) in [5.41, 5.74) is 11.2. The van der Waals surface area contributed by atoms with Gasteiger partial charge in [0.1, 0.15) is 18.1 Å². The molecule has 0 bridgehead atoms. The van der Waals surface area contributed by atoms with E-state index in [1.807, 2.05) is 35.1 Å². The Morgan fingerprint density at radius 3 is 2.79 bits per heavy atom. The van der Waals surface area contributed by atoms with Crippen LogP contribution in [0.2, 0.25) is 0 Å². The number of ether oxygens (including phenoxy) is 1. The Bertz CT molecular complexity index is 1520. The van der Waals surface area contributed by atoms with Crippen LogP contribution in [0.4, 0.5) is 5.69 Å². The lowest BCUT2D eigenvalue weighted by Gasteiger charge is -2.09. The zero-order chi connectivity index (χ0) is 23.8. The highest BCUT2D eigenvalue weighted by Crippen LogP contribution is 2.29. The van der Waals surface area contributed by atoms with Crippen molar-refractivity contribution in [2.24, 2.45) is 0 Å². The quantitative estimate of drug-likeness (QED) is 0.378. The Morgan fingerprint density at radius 2 is 2.00 bits per heavy atom. The maximum absolute atomic E-state index is 11.2. The Labute approximate surface area is 195 Å². The molecule has 0 aliphatic rings. The van der Waals surface area contributed by atoms with E-state index in [0.717, 1.165) is 27.9 Å². The minimum atomic E-state index is -0.904. The van der Waals surface area contributed by atoms with Gasteiger partial charge in [-0.3, -0.25) is 9.48 Å². The molecule has 0 radical (unpaired) electrons. The molecule has 3 N–H and O–H groups in total. The monoisotopic (exact) mass is 456 g/mol. The number of nitrogens with zero attached hydrogens (tertiary/aromatic N) is 5. The summed E-state index contributed by atoms with van der Waals surface area (Å²) >= 11 is 0. The zero-order valence-corrected chi connectivity index (χ0v) is 18.8. The van der Waals surface area contributed by atoms with Crippen LogP contribution in [0.15, 0.2) is 60.9 Å². The minimum Gasteiger partial charge on any atom is -0.487 e. The molecule has 3 heterocycles. The third-order valence-electron chi connectivity index (χ3n) is 5.64. The summed E-state index contributed by atoms with van der Waals surface area (Å²) in [6.07, 6.45) is 3.31. The van der Waals surface area contributed by atoms with Crippen LogP contribution in [-0.2, 0) is 17.8 Å². The van der Waals surface area contributed by atoms with Gasteiger partial charge in [0.25, 0.3) is 0 Å². The molecule has 5 aromatic rings. The third-order valence-corrected chi connectivity index (χ3v) is 5.64. The summed E-state index contributed by atoms with van der Waals surface area (Å²) in [5, 5.41) is 19.1. The summed E-state index contributed by atoms with van der Waals surface area (Å²) in [5.74, 6) is -0.366. The molecule has 9 nitrogen and oxygen atoms in total. The molecular weight excluding hydrogens is 432 g/mol. The Kier molecular flexibility index (Phi) is 5.37. The van der Waals surface area contributed by atoms with Gasteiger partial charge in [-0.2, -0.15) is 10.2 Å². The minimum absolute atomic E-state index is 0.104. The van der Waals surface area contributed by atoms with Crippen molar-refractivity contribution in [1.82, 2.24) is 24.4 Å². The van der Waals surface area contributed by atoms with Crippen molar-refractivity contribution in [1.29, 1.82) is 0 Å². The largest absolute Gasteiger partial charge is 0.487 e. The van der Waals surface area contributed by atoms with Crippen molar-refractivity contribution in [2.75, 3.05) is 5.73 Å². The molecule has 0 spiro atoms. The maximum atomic E-state index is 11.2. The van der Waals surface area contributed by atoms with Gasteiger partial charge in [-0.15, -0.1) is 0 Å². The number of carboxylic acid groups (broad SMARTS) is 1. The highest BCUT2D eigenvalue weighted by Gasteiger charge is 2.16. The third kappa shape index (κ3) is 3.92. The molecule has 0 atom stereocenters. The average molecular weight is 457 g/mol. The summed E-state index contributed by atoms with van der Waals surface area (Å²) in [4.78, 5) is 15.9. The molecule has 0 aliphatic heterocycles. The normalized spacial score (nSPS) is 11.5. The van der Waals surface area contributed by atoms with Gasteiger partial charge in [-0.05, 0) is 38.1 Å². The number of nitrogen functional groups attached to an aromatic ring is 1. The zero-order valence-electron chi connectivity index (χ0n) is 18.8. The van der Waals surface area contributed by atoms with Crippen LogP contribution in [0.5, 0.6) is 5.75 Å². The van der Waals surface area contributed by atoms with Crippen LogP contribution in [-0.4, -0.2) is 35.5 Å². The van der Waals surface area contributed by atoms with Crippen molar-refractivity contribution >= 4 is 28.2 Å². The van der Waals surface area contributed by atoms with E-state index >= 15 is 0 Å². The fourth-order valence-electron chi connectivity index (χ4n) is 4.01. The summed E-state index contributed by atoms with van der Waals surface area (Å²) in [6.45, 7) is 4.36. The van der Waals surface area contributed by atoms with Gasteiger partial charge in [-0.1, -0.05) is 24.3 Å². The Balaban J connectivity index is 1.54. The number of fused-ring (bicyclic) bond motifs is 2. The van der Waals surface area contributed by atoms with Crippen LogP contribution in [0.1, 0.15) is 31.1 Å². The summed E-state index contributed by atoms with van der Waals surface area (Å²) < 4.78 is 9.66. The highest BCUT2D eigenvalue weighted by atomic mass is 16.5. The van der Waals surface area contributed by atoms with Crippen LogP contribution in [0.3, 0.4) is 0 Å². The van der Waals surface area contributed by atoms with Crippen molar-refractivity contribution in [3.8, 4) is 17.0 Å². The van der Waals surface area contributed by atoms with E-state index in [-0.39, 0.29) is 19.1 Å². The number of nitrogens with two attached hydrogens (primary N) is 1. The first-order valence-corrected chi connectivity index (χ1v) is 10.9. The number of aromatic nitrogens is 5. The fourth-order valence-corrected chi connectivity index (χ4v) is 4.01. The van der Waals surface area contributed by atoms with Gasteiger partial charge in [0.05, 0.1) is 29.5 Å². The Morgan fingerprint density at radius 1 is 1.18 bits per heavy atom. The lowest BCUT2D eigenvalue weighted by molar-refractivity contribution is -0.136.